The molecule has 0 bridgehead atoms. The van der Waals surface area contributed by atoms with Crippen LogP contribution in [-0.2, 0) is 4.74 Å². The van der Waals surface area contributed by atoms with E-state index in [9.17, 15) is 0 Å². The van der Waals surface area contributed by atoms with Gasteiger partial charge in [0.25, 0.3) is 0 Å². The van der Waals surface area contributed by atoms with E-state index in [0.717, 1.165) is 42.6 Å². The van der Waals surface area contributed by atoms with Crippen molar-refractivity contribution in [2.75, 3.05) is 30.4 Å². The first kappa shape index (κ1) is 15.7. The number of aryl methyl sites for hydroxylation is 1. The molecule has 108 valence electrons. The standard InChI is InChI=1S/C14H26N4O/c1-6-8-15-13-11(4)14(18-12(5)17-13)16-10(3)9-19-7-2/h10H,6-9H2,1-5H3,(H2,15,16,17,18). The summed E-state index contributed by atoms with van der Waals surface area (Å²) in [4.78, 5) is 8.92. The molecule has 0 saturated carbocycles. The van der Waals surface area contributed by atoms with Crippen LogP contribution in [0.15, 0.2) is 0 Å². The molecule has 1 atom stereocenters. The first-order valence-electron chi connectivity index (χ1n) is 7.01. The van der Waals surface area contributed by atoms with Crippen LogP contribution in [0.4, 0.5) is 11.6 Å². The number of hydrogen-bond acceptors (Lipinski definition) is 5. The average molecular weight is 266 g/mol. The highest BCUT2D eigenvalue weighted by molar-refractivity contribution is 5.57. The van der Waals surface area contributed by atoms with Gasteiger partial charge in [-0.1, -0.05) is 6.92 Å². The van der Waals surface area contributed by atoms with E-state index in [1.165, 1.54) is 0 Å². The van der Waals surface area contributed by atoms with Crippen molar-refractivity contribution in [3.8, 4) is 0 Å². The minimum absolute atomic E-state index is 0.229. The van der Waals surface area contributed by atoms with Crippen LogP contribution in [0.5, 0.6) is 0 Å². The van der Waals surface area contributed by atoms with Crippen molar-refractivity contribution in [2.45, 2.75) is 47.1 Å². The molecule has 0 amide bonds. The first-order chi connectivity index (χ1) is 9.08. The van der Waals surface area contributed by atoms with Gasteiger partial charge in [-0.3, -0.25) is 0 Å². The van der Waals surface area contributed by atoms with Gasteiger partial charge in [-0.15, -0.1) is 0 Å². The molecule has 5 heteroatoms. The van der Waals surface area contributed by atoms with E-state index in [0.29, 0.717) is 6.61 Å². The highest BCUT2D eigenvalue weighted by Crippen LogP contribution is 2.20. The van der Waals surface area contributed by atoms with Gasteiger partial charge in [-0.05, 0) is 34.1 Å². The largest absolute Gasteiger partial charge is 0.380 e. The van der Waals surface area contributed by atoms with Gasteiger partial charge in [-0.25, -0.2) is 9.97 Å². The van der Waals surface area contributed by atoms with Gasteiger partial charge in [0, 0.05) is 24.8 Å². The van der Waals surface area contributed by atoms with Gasteiger partial charge >= 0.3 is 0 Å². The summed E-state index contributed by atoms with van der Waals surface area (Å²) in [5.74, 6) is 2.58. The molecular weight excluding hydrogens is 240 g/mol. The van der Waals surface area contributed by atoms with Crippen LogP contribution in [0.3, 0.4) is 0 Å². The normalized spacial score (nSPS) is 12.3. The molecular formula is C14H26N4O. The van der Waals surface area contributed by atoms with E-state index < -0.39 is 0 Å². The quantitative estimate of drug-likeness (QED) is 0.757. The second-order valence-corrected chi connectivity index (χ2v) is 4.72. The summed E-state index contributed by atoms with van der Waals surface area (Å²) >= 11 is 0. The van der Waals surface area contributed by atoms with Crippen LogP contribution in [-0.4, -0.2) is 35.8 Å². The minimum Gasteiger partial charge on any atom is -0.380 e. The molecule has 1 aromatic rings. The molecule has 0 aliphatic carbocycles. The van der Waals surface area contributed by atoms with Crippen molar-refractivity contribution in [1.29, 1.82) is 0 Å². The van der Waals surface area contributed by atoms with E-state index in [1.54, 1.807) is 0 Å². The first-order valence-corrected chi connectivity index (χ1v) is 7.01. The number of anilines is 2. The third-order valence-electron chi connectivity index (χ3n) is 2.76. The smallest absolute Gasteiger partial charge is 0.135 e. The van der Waals surface area contributed by atoms with E-state index in [4.69, 9.17) is 4.74 Å². The number of aromatic nitrogens is 2. The molecule has 0 saturated heterocycles. The van der Waals surface area contributed by atoms with E-state index >= 15 is 0 Å². The van der Waals surface area contributed by atoms with Gasteiger partial charge in [-0.2, -0.15) is 0 Å². The Morgan fingerprint density at radius 3 is 2.47 bits per heavy atom. The molecule has 2 N–H and O–H groups in total. The third kappa shape index (κ3) is 5.03. The molecule has 1 heterocycles. The van der Waals surface area contributed by atoms with Gasteiger partial charge in [0.1, 0.15) is 17.5 Å². The van der Waals surface area contributed by atoms with Crippen molar-refractivity contribution >= 4 is 11.6 Å². The van der Waals surface area contributed by atoms with E-state index in [-0.39, 0.29) is 6.04 Å². The van der Waals surface area contributed by atoms with Gasteiger partial charge in [0.2, 0.25) is 0 Å². The van der Waals surface area contributed by atoms with Crippen LogP contribution in [0, 0.1) is 13.8 Å². The lowest BCUT2D eigenvalue weighted by Gasteiger charge is -2.18. The fourth-order valence-electron chi connectivity index (χ4n) is 1.75. The molecule has 0 aromatic carbocycles. The minimum atomic E-state index is 0.229. The molecule has 1 unspecified atom stereocenters. The Balaban J connectivity index is 2.79. The van der Waals surface area contributed by atoms with E-state index in [1.807, 2.05) is 20.8 Å². The predicted octanol–water partition coefficient (Wildman–Crippen LogP) is 2.75. The fraction of sp³-hybridized carbons (Fsp3) is 0.714. The highest BCUT2D eigenvalue weighted by Gasteiger charge is 2.11. The zero-order valence-electron chi connectivity index (χ0n) is 12.7. The number of rotatable bonds is 8. The van der Waals surface area contributed by atoms with Crippen LogP contribution >= 0.6 is 0 Å². The lowest BCUT2D eigenvalue weighted by atomic mass is 10.2. The summed E-state index contributed by atoms with van der Waals surface area (Å²) in [6.45, 7) is 12.5. The Labute approximate surface area is 116 Å². The third-order valence-corrected chi connectivity index (χ3v) is 2.76. The molecule has 0 spiro atoms. The zero-order chi connectivity index (χ0) is 14.3. The molecule has 19 heavy (non-hydrogen) atoms. The summed E-state index contributed by atoms with van der Waals surface area (Å²) in [6.07, 6.45) is 1.08. The van der Waals surface area contributed by atoms with Crippen LogP contribution < -0.4 is 10.6 Å². The van der Waals surface area contributed by atoms with Crippen molar-refractivity contribution in [1.82, 2.24) is 9.97 Å². The maximum Gasteiger partial charge on any atom is 0.135 e. The molecule has 0 radical (unpaired) electrons. The van der Waals surface area contributed by atoms with Crippen LogP contribution in [0.25, 0.3) is 0 Å². The second-order valence-electron chi connectivity index (χ2n) is 4.72. The summed E-state index contributed by atoms with van der Waals surface area (Å²) < 4.78 is 5.41. The number of nitrogens with zero attached hydrogens (tertiary/aromatic N) is 2. The number of ether oxygens (including phenoxy) is 1. The summed E-state index contributed by atoms with van der Waals surface area (Å²) in [5.41, 5.74) is 1.06. The maximum absolute atomic E-state index is 5.41. The summed E-state index contributed by atoms with van der Waals surface area (Å²) in [7, 11) is 0. The fourth-order valence-corrected chi connectivity index (χ4v) is 1.75. The Morgan fingerprint density at radius 2 is 1.84 bits per heavy atom. The van der Waals surface area contributed by atoms with Crippen molar-refractivity contribution in [2.24, 2.45) is 0 Å². The number of nitrogens with one attached hydrogen (secondary N) is 2. The molecule has 1 aromatic heterocycles. The Hall–Kier alpha value is -1.36. The van der Waals surface area contributed by atoms with Gasteiger partial charge in [0.05, 0.1) is 6.61 Å². The molecule has 0 aliphatic heterocycles. The van der Waals surface area contributed by atoms with Gasteiger partial charge < -0.3 is 15.4 Å². The predicted molar refractivity (Wildman–Crippen MR) is 79.9 cm³/mol. The highest BCUT2D eigenvalue weighted by atomic mass is 16.5. The monoisotopic (exact) mass is 266 g/mol. The Morgan fingerprint density at radius 1 is 1.16 bits per heavy atom. The van der Waals surface area contributed by atoms with Crippen molar-refractivity contribution in [3.05, 3.63) is 11.4 Å². The van der Waals surface area contributed by atoms with E-state index in [2.05, 4.69) is 34.4 Å². The van der Waals surface area contributed by atoms with Crippen molar-refractivity contribution in [3.63, 3.8) is 0 Å². The Bertz CT molecular complexity index is 395. The van der Waals surface area contributed by atoms with Crippen molar-refractivity contribution < 1.29 is 4.74 Å². The summed E-state index contributed by atoms with van der Waals surface area (Å²) in [6, 6.07) is 0.229. The Kier molecular flexibility index (Phi) is 6.56. The summed E-state index contributed by atoms with van der Waals surface area (Å²) in [5, 5.41) is 6.72. The zero-order valence-corrected chi connectivity index (χ0v) is 12.7. The lowest BCUT2D eigenvalue weighted by Crippen LogP contribution is -2.23. The average Bonchev–Trinajstić information content (AvgIpc) is 2.38. The molecule has 5 nitrogen and oxygen atoms in total. The maximum atomic E-state index is 5.41. The lowest BCUT2D eigenvalue weighted by molar-refractivity contribution is 0.141. The van der Waals surface area contributed by atoms with Gasteiger partial charge in [0.15, 0.2) is 0 Å². The molecule has 0 fully saturated rings. The molecule has 0 aliphatic rings. The SMILES string of the molecule is CCCNc1nc(C)nc(NC(C)COCC)c1C. The topological polar surface area (TPSA) is 59.1 Å². The van der Waals surface area contributed by atoms with Crippen LogP contribution in [0.1, 0.15) is 38.6 Å². The van der Waals surface area contributed by atoms with Crippen LogP contribution in [0.2, 0.25) is 0 Å². The second kappa shape index (κ2) is 7.94. The number of hydrogen-bond donors (Lipinski definition) is 2. The molecule has 1 rings (SSSR count).